The molecule has 0 unspecified atom stereocenters. The molecule has 0 bridgehead atoms. The van der Waals surface area contributed by atoms with E-state index < -0.39 is 27.4 Å². The number of anilines is 2. The molecule has 1 amide bonds. The maximum absolute atomic E-state index is 12.6. The summed E-state index contributed by atoms with van der Waals surface area (Å²) in [6.45, 7) is 0.928. The molecule has 0 aliphatic heterocycles. The zero-order valence-corrected chi connectivity index (χ0v) is 17.1. The van der Waals surface area contributed by atoms with Gasteiger partial charge in [0.05, 0.1) is 42.3 Å². The average molecular weight is 423 g/mol. The molecule has 11 heteroatoms. The lowest BCUT2D eigenvalue weighted by Gasteiger charge is -2.24. The maximum Gasteiger partial charge on any atom is 0.274 e. The predicted molar refractivity (Wildman–Crippen MR) is 108 cm³/mol. The number of amides is 1. The Kier molecular flexibility index (Phi) is 6.64. The molecule has 0 fully saturated rings. The highest BCUT2D eigenvalue weighted by Gasteiger charge is 2.25. The van der Waals surface area contributed by atoms with Crippen LogP contribution in [0.2, 0.25) is 0 Å². The van der Waals surface area contributed by atoms with E-state index in [0.717, 1.165) is 10.6 Å². The molecule has 2 rings (SSSR count). The first-order valence-corrected chi connectivity index (χ1v) is 10.2. The van der Waals surface area contributed by atoms with Crippen LogP contribution < -0.4 is 19.1 Å². The van der Waals surface area contributed by atoms with E-state index in [1.54, 1.807) is 6.07 Å². The van der Waals surface area contributed by atoms with Gasteiger partial charge in [-0.1, -0.05) is 6.07 Å². The summed E-state index contributed by atoms with van der Waals surface area (Å²) in [5, 5.41) is 13.6. The number of hydrogen-bond donors (Lipinski definition) is 1. The highest BCUT2D eigenvalue weighted by molar-refractivity contribution is 7.92. The van der Waals surface area contributed by atoms with E-state index in [0.29, 0.717) is 5.75 Å². The maximum atomic E-state index is 12.6. The largest absolute Gasteiger partial charge is 0.497 e. The summed E-state index contributed by atoms with van der Waals surface area (Å²) in [7, 11) is -1.07. The number of nitrogens with one attached hydrogen (secondary N) is 1. The number of carbonyl (C=O) groups is 1. The third-order valence-corrected chi connectivity index (χ3v) is 5.24. The van der Waals surface area contributed by atoms with Gasteiger partial charge >= 0.3 is 0 Å². The van der Waals surface area contributed by atoms with E-state index in [1.165, 1.54) is 51.5 Å². The number of rotatable bonds is 8. The van der Waals surface area contributed by atoms with E-state index in [1.807, 2.05) is 0 Å². The van der Waals surface area contributed by atoms with Gasteiger partial charge in [-0.25, -0.2) is 8.42 Å². The molecular weight excluding hydrogens is 402 g/mol. The van der Waals surface area contributed by atoms with Gasteiger partial charge in [-0.05, 0) is 25.1 Å². The Hall–Kier alpha value is -3.34. The van der Waals surface area contributed by atoms with Gasteiger partial charge < -0.3 is 14.8 Å². The molecule has 156 valence electrons. The lowest BCUT2D eigenvalue weighted by Crippen LogP contribution is -2.37. The van der Waals surface area contributed by atoms with E-state index in [2.05, 4.69) is 5.32 Å². The lowest BCUT2D eigenvalue weighted by molar-refractivity contribution is -0.385. The summed E-state index contributed by atoms with van der Waals surface area (Å²) in [5.41, 5.74) is 0.448. The highest BCUT2D eigenvalue weighted by Crippen LogP contribution is 2.34. The van der Waals surface area contributed by atoms with Gasteiger partial charge in [0.1, 0.15) is 18.0 Å². The molecule has 0 atom stereocenters. The Labute approximate surface area is 168 Å². The molecule has 0 heterocycles. The fraction of sp³-hybridized carbons (Fsp3) is 0.278. The standard InChI is InChI=1S/C18H21N3O7S/c1-12-14(6-5-7-15(12)21(23)24)19-18(22)11-20(29(4,25)26)16-10-13(27-2)8-9-17(16)28-3/h5-10H,11H2,1-4H3,(H,19,22). The SMILES string of the molecule is COc1ccc(OC)c(N(CC(=O)Nc2cccc([N+](=O)[O-])c2C)S(C)(=O)=O)c1. The number of hydrogen-bond acceptors (Lipinski definition) is 7. The summed E-state index contributed by atoms with van der Waals surface area (Å²) in [5.74, 6) is -0.0659. The predicted octanol–water partition coefficient (Wildman–Crippen LogP) is 2.33. The number of methoxy groups -OCH3 is 2. The van der Waals surface area contributed by atoms with Crippen molar-refractivity contribution < 1.29 is 27.6 Å². The fourth-order valence-electron chi connectivity index (χ4n) is 2.65. The van der Waals surface area contributed by atoms with Gasteiger partial charge in [-0.2, -0.15) is 0 Å². The molecule has 29 heavy (non-hydrogen) atoms. The van der Waals surface area contributed by atoms with Gasteiger partial charge in [0.15, 0.2) is 0 Å². The van der Waals surface area contributed by atoms with Gasteiger partial charge in [0.25, 0.3) is 5.69 Å². The summed E-state index contributed by atoms with van der Waals surface area (Å²) in [6, 6.07) is 8.79. The molecule has 10 nitrogen and oxygen atoms in total. The summed E-state index contributed by atoms with van der Waals surface area (Å²) in [4.78, 5) is 23.1. The first-order valence-electron chi connectivity index (χ1n) is 8.32. The summed E-state index contributed by atoms with van der Waals surface area (Å²) >= 11 is 0. The fourth-order valence-corrected chi connectivity index (χ4v) is 3.50. The molecule has 0 aromatic heterocycles. The second-order valence-electron chi connectivity index (χ2n) is 6.06. The minimum Gasteiger partial charge on any atom is -0.497 e. The van der Waals surface area contributed by atoms with Crippen LogP contribution in [0.5, 0.6) is 11.5 Å². The van der Waals surface area contributed by atoms with Crippen LogP contribution in [0.4, 0.5) is 17.1 Å². The zero-order valence-electron chi connectivity index (χ0n) is 16.3. The number of nitro benzene ring substituents is 1. The second kappa shape index (κ2) is 8.78. The van der Waals surface area contributed by atoms with Crippen molar-refractivity contribution in [3.05, 3.63) is 52.1 Å². The van der Waals surface area contributed by atoms with Crippen molar-refractivity contribution >= 4 is 33.0 Å². The molecule has 1 N–H and O–H groups in total. The number of sulfonamides is 1. The molecule has 0 saturated carbocycles. The molecule has 0 radical (unpaired) electrons. The molecule has 0 saturated heterocycles. The first-order chi connectivity index (χ1) is 13.6. The van der Waals surface area contributed by atoms with Crippen LogP contribution in [0, 0.1) is 17.0 Å². The summed E-state index contributed by atoms with van der Waals surface area (Å²) in [6.07, 6.45) is 0.956. The van der Waals surface area contributed by atoms with Crippen LogP contribution in [0.1, 0.15) is 5.56 Å². The Morgan fingerprint density at radius 2 is 1.90 bits per heavy atom. The highest BCUT2D eigenvalue weighted by atomic mass is 32.2. The first kappa shape index (κ1) is 22.0. The van der Waals surface area contributed by atoms with Crippen molar-refractivity contribution in [3.63, 3.8) is 0 Å². The van der Waals surface area contributed by atoms with Crippen molar-refractivity contribution in [2.75, 3.05) is 36.6 Å². The molecular formula is C18H21N3O7S. The number of nitrogens with zero attached hydrogens (tertiary/aromatic N) is 2. The van der Waals surface area contributed by atoms with Crippen molar-refractivity contribution in [2.24, 2.45) is 0 Å². The van der Waals surface area contributed by atoms with E-state index in [9.17, 15) is 23.3 Å². The Morgan fingerprint density at radius 1 is 1.21 bits per heavy atom. The third kappa shape index (κ3) is 5.13. The van der Waals surface area contributed by atoms with Gasteiger partial charge in [-0.15, -0.1) is 0 Å². The van der Waals surface area contributed by atoms with Crippen LogP contribution in [0.3, 0.4) is 0 Å². The lowest BCUT2D eigenvalue weighted by atomic mass is 10.1. The topological polar surface area (TPSA) is 128 Å². The number of ether oxygens (including phenoxy) is 2. The molecule has 2 aromatic rings. The minimum absolute atomic E-state index is 0.125. The van der Waals surface area contributed by atoms with Crippen LogP contribution in [-0.2, 0) is 14.8 Å². The van der Waals surface area contributed by atoms with E-state index in [4.69, 9.17) is 9.47 Å². The van der Waals surface area contributed by atoms with Crippen molar-refractivity contribution in [2.45, 2.75) is 6.92 Å². The van der Waals surface area contributed by atoms with Crippen molar-refractivity contribution in [1.82, 2.24) is 0 Å². The van der Waals surface area contributed by atoms with Gasteiger partial charge in [0, 0.05) is 12.1 Å². The third-order valence-electron chi connectivity index (χ3n) is 4.12. The summed E-state index contributed by atoms with van der Waals surface area (Å²) < 4.78 is 35.9. The Morgan fingerprint density at radius 3 is 2.45 bits per heavy atom. The minimum atomic E-state index is -3.87. The Bertz CT molecular complexity index is 1040. The molecule has 0 spiro atoms. The molecule has 0 aliphatic rings. The van der Waals surface area contributed by atoms with Crippen LogP contribution in [-0.4, -0.2) is 46.3 Å². The van der Waals surface area contributed by atoms with E-state index in [-0.39, 0.29) is 28.4 Å². The average Bonchev–Trinajstić information content (AvgIpc) is 2.66. The van der Waals surface area contributed by atoms with Crippen molar-refractivity contribution in [1.29, 1.82) is 0 Å². The van der Waals surface area contributed by atoms with Crippen molar-refractivity contribution in [3.8, 4) is 11.5 Å². The zero-order chi connectivity index (χ0) is 21.8. The smallest absolute Gasteiger partial charge is 0.274 e. The second-order valence-corrected chi connectivity index (χ2v) is 7.97. The molecule has 2 aromatic carbocycles. The normalized spacial score (nSPS) is 10.9. The van der Waals surface area contributed by atoms with Crippen LogP contribution in [0.25, 0.3) is 0 Å². The Balaban J connectivity index is 2.37. The number of benzene rings is 2. The number of nitro groups is 1. The molecule has 0 aliphatic carbocycles. The monoisotopic (exact) mass is 423 g/mol. The van der Waals surface area contributed by atoms with Crippen LogP contribution >= 0.6 is 0 Å². The van der Waals surface area contributed by atoms with Gasteiger partial charge in [0.2, 0.25) is 15.9 Å². The quantitative estimate of drug-likeness (QED) is 0.510. The van der Waals surface area contributed by atoms with Gasteiger partial charge in [-0.3, -0.25) is 19.2 Å². The number of carbonyl (C=O) groups excluding carboxylic acids is 1. The van der Waals surface area contributed by atoms with Crippen LogP contribution in [0.15, 0.2) is 36.4 Å². The van der Waals surface area contributed by atoms with E-state index >= 15 is 0 Å².